The number of hydrogen-bond donors (Lipinski definition) is 6. The summed E-state index contributed by atoms with van der Waals surface area (Å²) in [6.07, 6.45) is -5.45. The Morgan fingerprint density at radius 1 is 1.17 bits per heavy atom. The molecule has 21 nitrogen and oxygen atoms in total. The van der Waals surface area contributed by atoms with Gasteiger partial charge in [-0.2, -0.15) is 4.98 Å². The zero-order chi connectivity index (χ0) is 30.3. The Bertz CT molecular complexity index is 1760. The van der Waals surface area contributed by atoms with Crippen molar-refractivity contribution in [2.45, 2.75) is 56.3 Å². The Kier molecular flexibility index (Phi) is 8.03. The van der Waals surface area contributed by atoms with Crippen LogP contribution in [0.1, 0.15) is 24.4 Å². The summed E-state index contributed by atoms with van der Waals surface area (Å²) >= 11 is 0. The number of nitrogens with one attached hydrogen (secondary N) is 2. The van der Waals surface area contributed by atoms with Crippen molar-refractivity contribution in [3.63, 3.8) is 0 Å². The number of nitrogens with two attached hydrogens (primary N) is 1. The number of aliphatic hydroxyl groups excluding tert-OH is 2. The van der Waals surface area contributed by atoms with Gasteiger partial charge in [-0.05, 0) is 12.5 Å². The maximum absolute atomic E-state index is 12.6. The molecule has 3 aromatic heterocycles. The highest BCUT2D eigenvalue weighted by molar-refractivity contribution is 7.47. The molecule has 8 atom stereocenters. The molecule has 2 saturated heterocycles. The lowest BCUT2D eigenvalue weighted by molar-refractivity contribution is -0.0551. The van der Waals surface area contributed by atoms with Gasteiger partial charge in [-0.3, -0.25) is 37.7 Å². The number of rotatable bonds is 9. The molecule has 3 aromatic rings. The van der Waals surface area contributed by atoms with Crippen LogP contribution in [0.5, 0.6) is 0 Å². The number of phosphoric ester groups is 1. The summed E-state index contributed by atoms with van der Waals surface area (Å²) in [5, 5.41) is 24.6. The number of aromatic amines is 2. The third-order valence-electron chi connectivity index (χ3n) is 6.73. The molecule has 22 heteroatoms. The first-order valence-electron chi connectivity index (χ1n) is 12.3. The number of fused-ring (bicyclic) bond motifs is 1. The lowest BCUT2D eigenvalue weighted by atomic mass is 10.1. The number of H-pyrrole nitrogens is 2. The van der Waals surface area contributed by atoms with Crippen LogP contribution in [-0.4, -0.2) is 87.8 Å². The summed E-state index contributed by atoms with van der Waals surface area (Å²) in [5.74, 6) is -0.221. The molecule has 2 fully saturated rings. The normalized spacial score (nSPS) is 29.0. The second-order valence-electron chi connectivity index (χ2n) is 9.50. The van der Waals surface area contributed by atoms with E-state index in [4.69, 9.17) is 29.8 Å². The zero-order valence-corrected chi connectivity index (χ0v) is 22.5. The number of hydrogen-bond acceptors (Lipinski definition) is 14. The third kappa shape index (κ3) is 5.73. The molecule has 0 aliphatic carbocycles. The van der Waals surface area contributed by atoms with Crippen molar-refractivity contribution >= 4 is 24.9 Å². The van der Waals surface area contributed by atoms with Crippen LogP contribution in [-0.2, 0) is 23.1 Å². The van der Waals surface area contributed by atoms with Gasteiger partial charge in [-0.1, -0.05) is 5.11 Å². The van der Waals surface area contributed by atoms with Crippen LogP contribution >= 0.6 is 7.82 Å². The first-order chi connectivity index (χ1) is 19.9. The number of ether oxygens (including phenoxy) is 2. The van der Waals surface area contributed by atoms with E-state index in [9.17, 15) is 34.1 Å². The fourth-order valence-electron chi connectivity index (χ4n) is 4.62. The number of aryl methyl sites for hydroxylation is 1. The van der Waals surface area contributed by atoms with Gasteiger partial charge in [0.05, 0.1) is 31.7 Å². The standard InChI is InChI=1S/C20H25N10O11P/c1-7-3-29(20(35)26-16(7)33)11-2-8(27-28-22)9(40-11)4-38-42(36,37)39-5-10-13(31)14(32)18(41-10)30-6-23-12-15(30)24-19(21)25-17(12)34/h3,6,8-11,13-14,18,31-32H,2,4-5H2,1H3,(H,36,37)(H,26,33,35)(H3,21,24,25,34)/t8-,9+,10+,11+,13+,14+,18+/m0/s1. The van der Waals surface area contributed by atoms with E-state index in [-0.39, 0.29) is 29.1 Å². The molecule has 0 saturated carbocycles. The maximum atomic E-state index is 12.6. The molecule has 42 heavy (non-hydrogen) atoms. The highest BCUT2D eigenvalue weighted by Crippen LogP contribution is 2.45. The Labute approximate surface area is 232 Å². The van der Waals surface area contributed by atoms with Crippen molar-refractivity contribution in [2.75, 3.05) is 18.9 Å². The molecule has 2 aliphatic rings. The van der Waals surface area contributed by atoms with E-state index in [1.54, 1.807) is 0 Å². The van der Waals surface area contributed by atoms with E-state index >= 15 is 0 Å². The maximum Gasteiger partial charge on any atom is 0.472 e. The van der Waals surface area contributed by atoms with Crippen molar-refractivity contribution < 1.29 is 38.2 Å². The zero-order valence-electron chi connectivity index (χ0n) is 21.6. The highest BCUT2D eigenvalue weighted by atomic mass is 31.2. The molecule has 0 bridgehead atoms. The summed E-state index contributed by atoms with van der Waals surface area (Å²) in [5.41, 5.74) is 12.6. The molecular weight excluding hydrogens is 587 g/mol. The first-order valence-corrected chi connectivity index (χ1v) is 13.8. The molecule has 0 aromatic carbocycles. The number of aliphatic hydroxyl groups is 2. The molecule has 5 rings (SSSR count). The van der Waals surface area contributed by atoms with Crippen molar-refractivity contribution in [3.05, 3.63) is 59.7 Å². The van der Waals surface area contributed by atoms with E-state index in [1.807, 2.05) is 0 Å². The molecule has 0 spiro atoms. The van der Waals surface area contributed by atoms with Crippen LogP contribution in [0.2, 0.25) is 0 Å². The number of azide groups is 1. The van der Waals surface area contributed by atoms with E-state index in [0.717, 1.165) is 10.9 Å². The van der Waals surface area contributed by atoms with Crippen LogP contribution < -0.4 is 22.5 Å². The summed E-state index contributed by atoms with van der Waals surface area (Å²) < 4.78 is 36.2. The Hall–Kier alpha value is -3.91. The van der Waals surface area contributed by atoms with Crippen LogP contribution in [0.4, 0.5) is 5.95 Å². The lowest BCUT2D eigenvalue weighted by Crippen LogP contribution is -2.34. The van der Waals surface area contributed by atoms with Crippen LogP contribution in [0.25, 0.3) is 21.6 Å². The Morgan fingerprint density at radius 3 is 2.60 bits per heavy atom. The molecule has 0 radical (unpaired) electrons. The van der Waals surface area contributed by atoms with Crippen molar-refractivity contribution in [1.82, 2.24) is 29.1 Å². The summed E-state index contributed by atoms with van der Waals surface area (Å²) in [7, 11) is -4.83. The number of nitrogen functional groups attached to an aromatic ring is 1. The molecule has 5 heterocycles. The average molecular weight is 612 g/mol. The minimum Gasteiger partial charge on any atom is -0.387 e. The second kappa shape index (κ2) is 11.4. The summed E-state index contributed by atoms with van der Waals surface area (Å²) in [4.78, 5) is 61.2. The SMILES string of the molecule is Cc1cn([C@H]2C[C@H](N=[N+]=[N-])[C@@H](COP(=O)(O)OC[C@H]3O[C@@H](n4cnc5c(=O)[nH]c(N)nc54)[C@H](O)[C@@H]3O)O2)c(=O)[nH]c1=O. The highest BCUT2D eigenvalue weighted by Gasteiger charge is 2.46. The van der Waals surface area contributed by atoms with Gasteiger partial charge in [0.1, 0.15) is 24.5 Å². The fraction of sp³-hybridized carbons (Fsp3) is 0.550. The molecule has 2 aliphatic heterocycles. The Balaban J connectivity index is 1.22. The van der Waals surface area contributed by atoms with E-state index in [1.165, 1.54) is 17.7 Å². The monoisotopic (exact) mass is 612 g/mol. The predicted molar refractivity (Wildman–Crippen MR) is 138 cm³/mol. The van der Waals surface area contributed by atoms with Gasteiger partial charge in [0.15, 0.2) is 17.4 Å². The number of aromatic nitrogens is 6. The number of nitrogens with zero attached hydrogens (tertiary/aromatic N) is 7. The van der Waals surface area contributed by atoms with E-state index in [0.29, 0.717) is 0 Å². The minimum absolute atomic E-state index is 0.00322. The van der Waals surface area contributed by atoms with E-state index < -0.39 is 80.8 Å². The van der Waals surface area contributed by atoms with Crippen molar-refractivity contribution in [2.24, 2.45) is 5.11 Å². The number of imidazole rings is 1. The number of phosphoric acid groups is 1. The van der Waals surface area contributed by atoms with Crippen LogP contribution in [0.15, 0.2) is 32.0 Å². The van der Waals surface area contributed by atoms with Crippen molar-refractivity contribution in [3.8, 4) is 0 Å². The third-order valence-corrected chi connectivity index (χ3v) is 7.68. The first kappa shape index (κ1) is 29.6. The molecule has 226 valence electrons. The largest absolute Gasteiger partial charge is 0.472 e. The van der Waals surface area contributed by atoms with Crippen molar-refractivity contribution in [1.29, 1.82) is 0 Å². The van der Waals surface area contributed by atoms with Gasteiger partial charge in [0.25, 0.3) is 11.1 Å². The lowest BCUT2D eigenvalue weighted by Gasteiger charge is -2.20. The Morgan fingerprint density at radius 2 is 1.88 bits per heavy atom. The topological polar surface area (TPSA) is 308 Å². The van der Waals surface area contributed by atoms with Gasteiger partial charge >= 0.3 is 13.5 Å². The van der Waals surface area contributed by atoms with Crippen LogP contribution in [0, 0.1) is 6.92 Å². The fourth-order valence-corrected chi connectivity index (χ4v) is 5.37. The molecule has 1 unspecified atom stereocenters. The predicted octanol–water partition coefficient (Wildman–Crippen LogP) is -1.72. The van der Waals surface area contributed by atoms with Crippen LogP contribution in [0.3, 0.4) is 0 Å². The van der Waals surface area contributed by atoms with Gasteiger partial charge in [0, 0.05) is 23.1 Å². The second-order valence-corrected chi connectivity index (χ2v) is 11.0. The van der Waals surface area contributed by atoms with Gasteiger partial charge in [-0.25, -0.2) is 14.3 Å². The number of anilines is 1. The quantitative estimate of drug-likeness (QED) is 0.0678. The van der Waals surface area contributed by atoms with Gasteiger partial charge < -0.3 is 30.3 Å². The van der Waals surface area contributed by atoms with Gasteiger partial charge in [0.2, 0.25) is 5.95 Å². The minimum atomic E-state index is -4.83. The average Bonchev–Trinajstić information content (AvgIpc) is 3.60. The smallest absolute Gasteiger partial charge is 0.387 e. The molecule has 0 amide bonds. The van der Waals surface area contributed by atoms with E-state index in [2.05, 4.69) is 30.0 Å². The molecular formula is C20H25N10O11P. The molecule has 7 N–H and O–H groups in total. The van der Waals surface area contributed by atoms with Gasteiger partial charge in [-0.15, -0.1) is 0 Å². The summed E-state index contributed by atoms with van der Waals surface area (Å²) in [6.45, 7) is 0.157. The summed E-state index contributed by atoms with van der Waals surface area (Å²) in [6, 6.07) is -0.907.